The van der Waals surface area contributed by atoms with Crippen molar-refractivity contribution in [1.29, 1.82) is 0 Å². The molecule has 0 radical (unpaired) electrons. The highest BCUT2D eigenvalue weighted by molar-refractivity contribution is 6.31. The van der Waals surface area contributed by atoms with Crippen molar-refractivity contribution >= 4 is 29.0 Å². The van der Waals surface area contributed by atoms with Crippen LogP contribution in [0.25, 0.3) is 0 Å². The zero-order valence-electron chi connectivity index (χ0n) is 14.1. The lowest BCUT2D eigenvalue weighted by atomic mass is 10.2. The lowest BCUT2D eigenvalue weighted by Gasteiger charge is -2.11. The van der Waals surface area contributed by atoms with Crippen LogP contribution in [0.15, 0.2) is 60.9 Å². The topological polar surface area (TPSA) is 76.1 Å². The third kappa shape index (κ3) is 4.49. The van der Waals surface area contributed by atoms with Crippen LogP contribution in [0.2, 0.25) is 5.02 Å². The van der Waals surface area contributed by atoms with Crippen LogP contribution in [0, 0.1) is 0 Å². The van der Waals surface area contributed by atoms with Gasteiger partial charge in [-0.2, -0.15) is 0 Å². The number of nitrogens with zero attached hydrogens (tertiary/aromatic N) is 2. The van der Waals surface area contributed by atoms with E-state index in [-0.39, 0.29) is 5.91 Å². The van der Waals surface area contributed by atoms with Gasteiger partial charge >= 0.3 is 0 Å². The number of hydrogen-bond donors (Lipinski definition) is 2. The van der Waals surface area contributed by atoms with E-state index in [1.165, 1.54) is 7.11 Å². The minimum absolute atomic E-state index is 0.283. The Kier molecular flexibility index (Phi) is 5.66. The Labute approximate surface area is 156 Å². The van der Waals surface area contributed by atoms with E-state index in [9.17, 15) is 4.79 Å². The Morgan fingerprint density at radius 3 is 2.77 bits per heavy atom. The second kappa shape index (κ2) is 8.31. The highest BCUT2D eigenvalue weighted by Crippen LogP contribution is 2.28. The Bertz CT molecular complexity index is 903. The number of carbonyl (C=O) groups is 1. The lowest BCUT2D eigenvalue weighted by Crippen LogP contribution is -2.13. The molecule has 0 aliphatic heterocycles. The molecule has 1 aromatic carbocycles. The second-order valence-corrected chi connectivity index (χ2v) is 5.84. The number of pyridine rings is 2. The van der Waals surface area contributed by atoms with Crippen molar-refractivity contribution < 1.29 is 9.53 Å². The molecule has 0 spiro atoms. The van der Waals surface area contributed by atoms with Gasteiger partial charge in [-0.1, -0.05) is 17.7 Å². The number of carbonyl (C=O) groups excluding carboxylic acids is 1. The Hall–Kier alpha value is -3.12. The normalized spacial score (nSPS) is 10.2. The molecule has 132 valence electrons. The molecule has 0 unspecified atom stereocenters. The van der Waals surface area contributed by atoms with Gasteiger partial charge in [0.1, 0.15) is 11.6 Å². The number of benzene rings is 1. The van der Waals surface area contributed by atoms with Crippen molar-refractivity contribution in [1.82, 2.24) is 9.97 Å². The molecule has 0 atom stereocenters. The zero-order chi connectivity index (χ0) is 18.4. The summed E-state index contributed by atoms with van der Waals surface area (Å²) in [5.41, 5.74) is 1.85. The predicted octanol–water partition coefficient (Wildman–Crippen LogP) is 4.00. The van der Waals surface area contributed by atoms with Gasteiger partial charge in [-0.15, -0.1) is 0 Å². The molecule has 26 heavy (non-hydrogen) atoms. The number of aromatic nitrogens is 2. The van der Waals surface area contributed by atoms with E-state index in [1.807, 2.05) is 18.2 Å². The molecular weight excluding hydrogens is 352 g/mol. The van der Waals surface area contributed by atoms with E-state index in [0.29, 0.717) is 34.4 Å². The predicted molar refractivity (Wildman–Crippen MR) is 102 cm³/mol. The molecule has 0 saturated heterocycles. The summed E-state index contributed by atoms with van der Waals surface area (Å²) in [6, 6.07) is 14.0. The van der Waals surface area contributed by atoms with Gasteiger partial charge in [0.05, 0.1) is 25.0 Å². The average Bonchev–Trinajstić information content (AvgIpc) is 2.67. The maximum atomic E-state index is 12.5. The fourth-order valence-corrected chi connectivity index (χ4v) is 2.50. The summed E-state index contributed by atoms with van der Waals surface area (Å²) in [6.45, 7) is 0.515. The van der Waals surface area contributed by atoms with Crippen LogP contribution in [-0.2, 0) is 6.54 Å². The van der Waals surface area contributed by atoms with Gasteiger partial charge in [0.2, 0.25) is 0 Å². The molecule has 0 saturated carbocycles. The molecule has 2 heterocycles. The molecule has 2 aromatic heterocycles. The Morgan fingerprint density at radius 2 is 2.00 bits per heavy atom. The maximum Gasteiger partial charge on any atom is 0.255 e. The van der Waals surface area contributed by atoms with Gasteiger partial charge in [0, 0.05) is 23.0 Å². The molecule has 0 aliphatic carbocycles. The largest absolute Gasteiger partial charge is 0.495 e. The van der Waals surface area contributed by atoms with Crippen molar-refractivity contribution in [2.45, 2.75) is 6.54 Å². The van der Waals surface area contributed by atoms with Gasteiger partial charge in [0.25, 0.3) is 5.91 Å². The molecule has 3 aromatic rings. The zero-order valence-corrected chi connectivity index (χ0v) is 14.8. The van der Waals surface area contributed by atoms with Crippen LogP contribution in [0.4, 0.5) is 11.5 Å². The molecule has 2 N–H and O–H groups in total. The van der Waals surface area contributed by atoms with E-state index in [4.69, 9.17) is 16.3 Å². The van der Waals surface area contributed by atoms with Crippen molar-refractivity contribution in [3.8, 4) is 5.75 Å². The summed E-state index contributed by atoms with van der Waals surface area (Å²) in [4.78, 5) is 21.0. The highest BCUT2D eigenvalue weighted by Gasteiger charge is 2.11. The molecule has 0 fully saturated rings. The monoisotopic (exact) mass is 368 g/mol. The number of methoxy groups -OCH3 is 1. The SMILES string of the molecule is COc1ccc(Cl)cc1NC(=O)c1ccnc(NCc2ccccn2)c1. The minimum Gasteiger partial charge on any atom is -0.495 e. The molecular formula is C19H17ClN4O2. The standard InChI is InChI=1S/C19H17ClN4O2/c1-26-17-6-5-14(20)11-16(17)24-19(25)13-7-9-22-18(10-13)23-12-15-4-2-3-8-21-15/h2-11H,12H2,1H3,(H,22,23)(H,24,25). The minimum atomic E-state index is -0.283. The van der Waals surface area contributed by atoms with Gasteiger partial charge in [-0.3, -0.25) is 9.78 Å². The van der Waals surface area contributed by atoms with Crippen LogP contribution >= 0.6 is 11.6 Å². The summed E-state index contributed by atoms with van der Waals surface area (Å²) in [7, 11) is 1.53. The fraction of sp³-hybridized carbons (Fsp3) is 0.105. The third-order valence-electron chi connectivity index (χ3n) is 3.61. The number of halogens is 1. The van der Waals surface area contributed by atoms with E-state index in [1.54, 1.807) is 42.7 Å². The molecule has 0 bridgehead atoms. The smallest absolute Gasteiger partial charge is 0.255 e. The van der Waals surface area contributed by atoms with Crippen molar-refractivity contribution in [2.24, 2.45) is 0 Å². The number of amides is 1. The first-order valence-corrected chi connectivity index (χ1v) is 8.28. The molecule has 7 heteroatoms. The molecule has 1 amide bonds. The first-order valence-electron chi connectivity index (χ1n) is 7.90. The summed E-state index contributed by atoms with van der Waals surface area (Å²) < 4.78 is 5.24. The van der Waals surface area contributed by atoms with E-state index >= 15 is 0 Å². The highest BCUT2D eigenvalue weighted by atomic mass is 35.5. The van der Waals surface area contributed by atoms with Gasteiger partial charge in [-0.05, 0) is 42.5 Å². The first kappa shape index (κ1) is 17.7. The number of anilines is 2. The first-order chi connectivity index (χ1) is 12.7. The summed E-state index contributed by atoms with van der Waals surface area (Å²) in [5.74, 6) is 0.834. The van der Waals surface area contributed by atoms with Gasteiger partial charge in [0.15, 0.2) is 0 Å². The number of hydrogen-bond acceptors (Lipinski definition) is 5. The Balaban J connectivity index is 1.71. The second-order valence-electron chi connectivity index (χ2n) is 5.40. The van der Waals surface area contributed by atoms with Crippen LogP contribution in [0.3, 0.4) is 0 Å². The van der Waals surface area contributed by atoms with Crippen molar-refractivity contribution in [3.05, 3.63) is 77.2 Å². The Morgan fingerprint density at radius 1 is 1.12 bits per heavy atom. The fourth-order valence-electron chi connectivity index (χ4n) is 2.32. The van der Waals surface area contributed by atoms with Crippen LogP contribution in [-0.4, -0.2) is 23.0 Å². The molecule has 6 nitrogen and oxygen atoms in total. The lowest BCUT2D eigenvalue weighted by molar-refractivity contribution is 0.102. The number of nitrogens with one attached hydrogen (secondary N) is 2. The summed E-state index contributed by atoms with van der Waals surface area (Å²) >= 11 is 6.00. The summed E-state index contributed by atoms with van der Waals surface area (Å²) in [6.07, 6.45) is 3.30. The van der Waals surface area contributed by atoms with Gasteiger partial charge < -0.3 is 15.4 Å². The van der Waals surface area contributed by atoms with E-state index < -0.39 is 0 Å². The van der Waals surface area contributed by atoms with Crippen molar-refractivity contribution in [3.63, 3.8) is 0 Å². The number of rotatable bonds is 6. The van der Waals surface area contributed by atoms with Crippen LogP contribution < -0.4 is 15.4 Å². The number of ether oxygens (including phenoxy) is 1. The van der Waals surface area contributed by atoms with Crippen molar-refractivity contribution in [2.75, 3.05) is 17.7 Å². The van der Waals surface area contributed by atoms with Crippen LogP contribution in [0.1, 0.15) is 16.1 Å². The average molecular weight is 369 g/mol. The maximum absolute atomic E-state index is 12.5. The molecule has 3 rings (SSSR count). The van der Waals surface area contributed by atoms with Crippen LogP contribution in [0.5, 0.6) is 5.75 Å². The van der Waals surface area contributed by atoms with E-state index in [2.05, 4.69) is 20.6 Å². The molecule has 0 aliphatic rings. The third-order valence-corrected chi connectivity index (χ3v) is 3.84. The summed E-state index contributed by atoms with van der Waals surface area (Å²) in [5, 5.41) is 6.46. The quantitative estimate of drug-likeness (QED) is 0.687. The van der Waals surface area contributed by atoms with Gasteiger partial charge in [-0.25, -0.2) is 4.98 Å². The van der Waals surface area contributed by atoms with E-state index in [0.717, 1.165) is 5.69 Å².